The fourth-order valence-electron chi connectivity index (χ4n) is 2.15. The van der Waals surface area contributed by atoms with E-state index in [0.717, 1.165) is 18.7 Å². The number of anilines is 2. The van der Waals surface area contributed by atoms with E-state index in [9.17, 15) is 9.18 Å². The van der Waals surface area contributed by atoms with Crippen LogP contribution in [-0.4, -0.2) is 18.5 Å². The van der Waals surface area contributed by atoms with Crippen LogP contribution >= 0.6 is 22.6 Å². The molecule has 0 fully saturated rings. The van der Waals surface area contributed by atoms with Crippen LogP contribution in [0.1, 0.15) is 26.7 Å². The third-order valence-electron chi connectivity index (χ3n) is 3.05. The highest BCUT2D eigenvalue weighted by molar-refractivity contribution is 14.1. The van der Waals surface area contributed by atoms with Crippen molar-refractivity contribution in [2.24, 2.45) is 0 Å². The van der Waals surface area contributed by atoms with Gasteiger partial charge in [-0.15, -0.1) is 0 Å². The summed E-state index contributed by atoms with van der Waals surface area (Å²) in [5.74, 6) is -0.239. The summed E-state index contributed by atoms with van der Waals surface area (Å²) in [6.07, 6.45) is 1.30. The molecule has 0 unspecified atom stereocenters. The van der Waals surface area contributed by atoms with E-state index in [0.29, 0.717) is 15.7 Å². The van der Waals surface area contributed by atoms with Gasteiger partial charge in [-0.25, -0.2) is 4.39 Å². The molecule has 2 rings (SSSR count). The van der Waals surface area contributed by atoms with Gasteiger partial charge in [0.2, 0.25) is 5.91 Å². The Morgan fingerprint density at radius 2 is 2.17 bits per heavy atom. The predicted molar refractivity (Wildman–Crippen MR) is 79.5 cm³/mol. The first-order valence-corrected chi connectivity index (χ1v) is 7.12. The van der Waals surface area contributed by atoms with Crippen molar-refractivity contribution in [1.82, 2.24) is 0 Å². The number of benzene rings is 1. The minimum Gasteiger partial charge on any atom is -0.367 e. The van der Waals surface area contributed by atoms with Crippen LogP contribution in [0.3, 0.4) is 0 Å². The van der Waals surface area contributed by atoms with E-state index < -0.39 is 0 Å². The summed E-state index contributed by atoms with van der Waals surface area (Å²) in [7, 11) is 0. The van der Waals surface area contributed by atoms with Crippen LogP contribution in [0.25, 0.3) is 0 Å². The normalized spacial score (nSPS) is 16.1. The summed E-state index contributed by atoms with van der Waals surface area (Å²) < 4.78 is 14.3. The maximum Gasteiger partial charge on any atom is 0.224 e. The zero-order valence-corrected chi connectivity index (χ0v) is 12.6. The first-order valence-electron chi connectivity index (χ1n) is 6.04. The number of hydrogen-bond acceptors (Lipinski definition) is 2. The van der Waals surface area contributed by atoms with Crippen molar-refractivity contribution in [3.05, 3.63) is 21.5 Å². The van der Waals surface area contributed by atoms with Gasteiger partial charge in [0.1, 0.15) is 5.82 Å². The van der Waals surface area contributed by atoms with Crippen molar-refractivity contribution in [3.63, 3.8) is 0 Å². The molecule has 18 heavy (non-hydrogen) atoms. The Morgan fingerprint density at radius 3 is 2.83 bits per heavy atom. The van der Waals surface area contributed by atoms with Gasteiger partial charge in [-0.3, -0.25) is 4.79 Å². The Hall–Kier alpha value is -0.850. The fraction of sp³-hybridized carbons (Fsp3) is 0.462. The number of fused-ring (bicyclic) bond motifs is 1. The van der Waals surface area contributed by atoms with Crippen molar-refractivity contribution < 1.29 is 9.18 Å². The number of amides is 1. The van der Waals surface area contributed by atoms with E-state index in [1.165, 1.54) is 6.07 Å². The second kappa shape index (κ2) is 5.42. The van der Waals surface area contributed by atoms with Gasteiger partial charge >= 0.3 is 0 Å². The molecule has 1 aliphatic heterocycles. The van der Waals surface area contributed by atoms with Gasteiger partial charge in [-0.05, 0) is 48.9 Å². The summed E-state index contributed by atoms with van der Waals surface area (Å²) in [5, 5.41) is 2.86. The molecular formula is C13H16FIN2O. The molecule has 1 aromatic carbocycles. The molecule has 0 atom stereocenters. The third-order valence-corrected chi connectivity index (χ3v) is 3.88. The zero-order valence-electron chi connectivity index (χ0n) is 10.5. The van der Waals surface area contributed by atoms with Crippen LogP contribution in [0.5, 0.6) is 0 Å². The van der Waals surface area contributed by atoms with Crippen LogP contribution in [0, 0.1) is 9.39 Å². The number of carbonyl (C=O) groups is 1. The first kappa shape index (κ1) is 13.6. The van der Waals surface area contributed by atoms with E-state index >= 15 is 0 Å². The molecule has 1 heterocycles. The highest BCUT2D eigenvalue weighted by atomic mass is 127. The monoisotopic (exact) mass is 362 g/mol. The van der Waals surface area contributed by atoms with Crippen LogP contribution in [0.2, 0.25) is 0 Å². The summed E-state index contributed by atoms with van der Waals surface area (Å²) in [4.78, 5) is 13.8. The van der Waals surface area contributed by atoms with Crippen molar-refractivity contribution in [2.75, 3.05) is 16.8 Å². The van der Waals surface area contributed by atoms with E-state index in [2.05, 4.69) is 24.1 Å². The fourth-order valence-corrected chi connectivity index (χ4v) is 2.62. The summed E-state index contributed by atoms with van der Waals surface area (Å²) in [6, 6.07) is 3.49. The van der Waals surface area contributed by atoms with Gasteiger partial charge in [0, 0.05) is 25.1 Å². The van der Waals surface area contributed by atoms with E-state index in [4.69, 9.17) is 0 Å². The molecule has 3 nitrogen and oxygen atoms in total. The van der Waals surface area contributed by atoms with Crippen molar-refractivity contribution in [2.45, 2.75) is 32.7 Å². The quantitative estimate of drug-likeness (QED) is 0.777. The molecule has 0 spiro atoms. The molecule has 0 aliphatic carbocycles. The molecule has 1 aromatic rings. The topological polar surface area (TPSA) is 32.3 Å². The number of halogens is 2. The Morgan fingerprint density at radius 1 is 1.44 bits per heavy atom. The smallest absolute Gasteiger partial charge is 0.224 e. The summed E-state index contributed by atoms with van der Waals surface area (Å²) >= 11 is 1.94. The number of carbonyl (C=O) groups excluding carboxylic acids is 1. The van der Waals surface area contributed by atoms with Crippen molar-refractivity contribution >= 4 is 39.9 Å². The average Bonchev–Trinajstić information content (AvgIpc) is 2.27. The zero-order chi connectivity index (χ0) is 13.3. The van der Waals surface area contributed by atoms with Gasteiger partial charge in [-0.2, -0.15) is 0 Å². The maximum atomic E-state index is 13.7. The number of hydrogen-bond donors (Lipinski definition) is 1. The number of nitrogens with one attached hydrogen (secondary N) is 1. The lowest BCUT2D eigenvalue weighted by atomic mass is 10.1. The SMILES string of the molecule is CC(C)N1CCCC(=O)Nc2cc(I)c(F)cc21. The Labute approximate surface area is 120 Å². The molecule has 0 bridgehead atoms. The molecule has 0 radical (unpaired) electrons. The standard InChI is InChI=1S/C13H16FIN2O/c1-8(2)17-5-3-4-13(18)16-11-7-10(15)9(14)6-12(11)17/h6-8H,3-5H2,1-2H3,(H,16,18). The van der Waals surface area contributed by atoms with Crippen LogP contribution in [0.4, 0.5) is 15.8 Å². The largest absolute Gasteiger partial charge is 0.367 e. The van der Waals surface area contributed by atoms with Gasteiger partial charge < -0.3 is 10.2 Å². The Bertz CT molecular complexity index is 476. The number of rotatable bonds is 1. The van der Waals surface area contributed by atoms with Crippen LogP contribution in [0.15, 0.2) is 12.1 Å². The summed E-state index contributed by atoms with van der Waals surface area (Å²) in [5.41, 5.74) is 1.48. The lowest BCUT2D eigenvalue weighted by molar-refractivity contribution is -0.116. The van der Waals surface area contributed by atoms with Crippen molar-refractivity contribution in [3.8, 4) is 0 Å². The molecule has 1 aliphatic rings. The van der Waals surface area contributed by atoms with Crippen LogP contribution in [-0.2, 0) is 4.79 Å². The molecule has 5 heteroatoms. The minimum absolute atomic E-state index is 0.00191. The maximum absolute atomic E-state index is 13.7. The molecule has 1 N–H and O–H groups in total. The molecule has 0 saturated carbocycles. The number of nitrogens with zero attached hydrogens (tertiary/aromatic N) is 1. The predicted octanol–water partition coefficient (Wildman–Crippen LogP) is 3.38. The van der Waals surface area contributed by atoms with Crippen molar-refractivity contribution in [1.29, 1.82) is 0 Å². The van der Waals surface area contributed by atoms with Gasteiger partial charge in [0.05, 0.1) is 14.9 Å². The van der Waals surface area contributed by atoms with Gasteiger partial charge in [0.15, 0.2) is 0 Å². The molecule has 0 saturated heterocycles. The Kier molecular flexibility index (Phi) is 4.09. The molecule has 1 amide bonds. The van der Waals surface area contributed by atoms with E-state index in [1.54, 1.807) is 6.07 Å². The third kappa shape index (κ3) is 2.76. The highest BCUT2D eigenvalue weighted by Crippen LogP contribution is 2.32. The Balaban J connectivity index is 2.51. The second-order valence-electron chi connectivity index (χ2n) is 4.72. The second-order valence-corrected chi connectivity index (χ2v) is 5.88. The van der Waals surface area contributed by atoms with E-state index in [-0.39, 0.29) is 17.8 Å². The first-order chi connectivity index (χ1) is 8.49. The van der Waals surface area contributed by atoms with Gasteiger partial charge in [-0.1, -0.05) is 0 Å². The minimum atomic E-state index is -0.241. The average molecular weight is 362 g/mol. The lowest BCUT2D eigenvalue weighted by Crippen LogP contribution is -2.35. The molecule has 0 aromatic heterocycles. The summed E-state index contributed by atoms with van der Waals surface area (Å²) in [6.45, 7) is 4.92. The van der Waals surface area contributed by atoms with Crippen LogP contribution < -0.4 is 10.2 Å². The highest BCUT2D eigenvalue weighted by Gasteiger charge is 2.21. The van der Waals surface area contributed by atoms with Gasteiger partial charge in [0.25, 0.3) is 0 Å². The molecular weight excluding hydrogens is 346 g/mol. The lowest BCUT2D eigenvalue weighted by Gasteiger charge is -2.32. The molecule has 98 valence electrons. The van der Waals surface area contributed by atoms with E-state index in [1.807, 2.05) is 22.6 Å².